The van der Waals surface area contributed by atoms with Gasteiger partial charge >= 0.3 is 0 Å². The zero-order chi connectivity index (χ0) is 12.9. The summed E-state index contributed by atoms with van der Waals surface area (Å²) in [5.41, 5.74) is 2.28. The Labute approximate surface area is 113 Å². The Kier molecular flexibility index (Phi) is 3.58. The Hall–Kier alpha value is -2.10. The molecule has 3 rings (SSSR count). The van der Waals surface area contributed by atoms with E-state index in [-0.39, 0.29) is 0 Å². The third kappa shape index (κ3) is 2.84. The van der Waals surface area contributed by atoms with Crippen LogP contribution >= 0.6 is 0 Å². The first kappa shape index (κ1) is 12.0. The van der Waals surface area contributed by atoms with Gasteiger partial charge in [-0.25, -0.2) is 9.97 Å². The molecule has 1 aliphatic heterocycles. The molecular formula is C15H18N4. The van der Waals surface area contributed by atoms with E-state index in [4.69, 9.17) is 0 Å². The maximum absolute atomic E-state index is 4.43. The number of hydrogen-bond acceptors (Lipinski definition) is 4. The van der Waals surface area contributed by atoms with Crippen molar-refractivity contribution >= 4 is 11.5 Å². The van der Waals surface area contributed by atoms with Gasteiger partial charge in [0.15, 0.2) is 5.82 Å². The molecule has 1 aliphatic rings. The predicted octanol–water partition coefficient (Wildman–Crippen LogP) is 2.69. The summed E-state index contributed by atoms with van der Waals surface area (Å²) in [6, 6.07) is 10.4. The highest BCUT2D eigenvalue weighted by Gasteiger charge is 2.16. The molecular weight excluding hydrogens is 236 g/mol. The number of rotatable bonds is 4. The van der Waals surface area contributed by atoms with Crippen molar-refractivity contribution in [3.63, 3.8) is 0 Å². The molecule has 0 radical (unpaired) electrons. The van der Waals surface area contributed by atoms with E-state index < -0.39 is 0 Å². The van der Waals surface area contributed by atoms with Crippen molar-refractivity contribution in [1.82, 2.24) is 9.97 Å². The monoisotopic (exact) mass is 254 g/mol. The summed E-state index contributed by atoms with van der Waals surface area (Å²) in [6.07, 6.45) is 6.00. The molecule has 1 aromatic heterocycles. The second kappa shape index (κ2) is 5.69. The Morgan fingerprint density at radius 2 is 1.89 bits per heavy atom. The van der Waals surface area contributed by atoms with Crippen LogP contribution in [0, 0.1) is 0 Å². The molecule has 2 aromatic rings. The molecule has 0 spiro atoms. The quantitative estimate of drug-likeness (QED) is 0.910. The Balaban J connectivity index is 1.73. The highest BCUT2D eigenvalue weighted by atomic mass is 15.2. The molecule has 0 atom stereocenters. The van der Waals surface area contributed by atoms with Crippen molar-refractivity contribution in [1.29, 1.82) is 0 Å². The van der Waals surface area contributed by atoms with Crippen LogP contribution in [0.2, 0.25) is 0 Å². The molecule has 98 valence electrons. The van der Waals surface area contributed by atoms with Crippen LogP contribution in [-0.4, -0.2) is 23.1 Å². The summed E-state index contributed by atoms with van der Waals surface area (Å²) in [6.45, 7) is 2.99. The van der Waals surface area contributed by atoms with E-state index in [1.807, 2.05) is 12.3 Å². The smallest absolute Gasteiger partial charge is 0.155 e. The summed E-state index contributed by atoms with van der Waals surface area (Å²) in [4.78, 5) is 10.9. The van der Waals surface area contributed by atoms with E-state index in [0.29, 0.717) is 0 Å². The normalized spacial score (nSPS) is 14.6. The Morgan fingerprint density at radius 1 is 1.11 bits per heavy atom. The van der Waals surface area contributed by atoms with Crippen LogP contribution in [0.25, 0.3) is 0 Å². The number of nitrogens with one attached hydrogen (secondary N) is 1. The molecule has 1 N–H and O–H groups in total. The van der Waals surface area contributed by atoms with Crippen LogP contribution in [-0.2, 0) is 6.54 Å². The Bertz CT molecular complexity index is 521. The van der Waals surface area contributed by atoms with Gasteiger partial charge in [0.05, 0.1) is 11.9 Å². The van der Waals surface area contributed by atoms with Gasteiger partial charge in [0, 0.05) is 19.6 Å². The van der Waals surface area contributed by atoms with Crippen molar-refractivity contribution in [2.75, 3.05) is 23.3 Å². The van der Waals surface area contributed by atoms with Gasteiger partial charge in [-0.3, -0.25) is 0 Å². The van der Waals surface area contributed by atoms with Gasteiger partial charge in [-0.2, -0.15) is 0 Å². The molecule has 4 nitrogen and oxygen atoms in total. The van der Waals surface area contributed by atoms with Crippen LogP contribution < -0.4 is 10.2 Å². The van der Waals surface area contributed by atoms with E-state index in [2.05, 4.69) is 44.5 Å². The average molecular weight is 254 g/mol. The average Bonchev–Trinajstić information content (AvgIpc) is 3.01. The Morgan fingerprint density at radius 3 is 2.68 bits per heavy atom. The van der Waals surface area contributed by atoms with Crippen molar-refractivity contribution in [3.8, 4) is 0 Å². The third-order valence-corrected chi connectivity index (χ3v) is 3.42. The van der Waals surface area contributed by atoms with Gasteiger partial charge in [-0.15, -0.1) is 0 Å². The van der Waals surface area contributed by atoms with E-state index in [1.165, 1.54) is 18.4 Å². The van der Waals surface area contributed by atoms with Crippen molar-refractivity contribution in [3.05, 3.63) is 48.4 Å². The van der Waals surface area contributed by atoms with Gasteiger partial charge in [0.25, 0.3) is 0 Å². The lowest BCUT2D eigenvalue weighted by Gasteiger charge is -2.19. The number of aromatic nitrogens is 2. The van der Waals surface area contributed by atoms with Crippen LogP contribution in [0.1, 0.15) is 18.4 Å². The molecule has 19 heavy (non-hydrogen) atoms. The zero-order valence-corrected chi connectivity index (χ0v) is 10.9. The maximum Gasteiger partial charge on any atom is 0.155 e. The highest BCUT2D eigenvalue weighted by molar-refractivity contribution is 5.64. The number of anilines is 2. The second-order valence-corrected chi connectivity index (χ2v) is 4.79. The van der Waals surface area contributed by atoms with Crippen LogP contribution in [0.4, 0.5) is 11.5 Å². The lowest BCUT2D eigenvalue weighted by molar-refractivity contribution is 0.924. The fourth-order valence-corrected chi connectivity index (χ4v) is 2.42. The maximum atomic E-state index is 4.43. The third-order valence-electron chi connectivity index (χ3n) is 3.42. The molecule has 0 bridgehead atoms. The number of hydrogen-bond donors (Lipinski definition) is 1. The van der Waals surface area contributed by atoms with Crippen molar-refractivity contribution in [2.45, 2.75) is 19.4 Å². The highest BCUT2D eigenvalue weighted by Crippen LogP contribution is 2.25. The number of nitrogens with zero attached hydrogens (tertiary/aromatic N) is 3. The minimum absolute atomic E-state index is 0.801. The summed E-state index contributed by atoms with van der Waals surface area (Å²) >= 11 is 0. The van der Waals surface area contributed by atoms with Crippen LogP contribution in [0.3, 0.4) is 0 Å². The van der Waals surface area contributed by atoms with E-state index in [1.54, 1.807) is 6.33 Å². The van der Waals surface area contributed by atoms with Gasteiger partial charge < -0.3 is 10.2 Å². The standard InChI is InChI=1S/C15H18N4/c1-2-6-13(7-3-1)10-17-14-11-16-12-18-15(14)19-8-4-5-9-19/h1-3,6-7,11-12,17H,4-5,8-10H2. The van der Waals surface area contributed by atoms with Gasteiger partial charge in [-0.05, 0) is 18.4 Å². The lowest BCUT2D eigenvalue weighted by atomic mass is 10.2. The first-order valence-corrected chi connectivity index (χ1v) is 6.76. The second-order valence-electron chi connectivity index (χ2n) is 4.79. The lowest BCUT2D eigenvalue weighted by Crippen LogP contribution is -2.20. The van der Waals surface area contributed by atoms with E-state index in [9.17, 15) is 0 Å². The van der Waals surface area contributed by atoms with Crippen LogP contribution in [0.15, 0.2) is 42.9 Å². The first-order chi connectivity index (χ1) is 9.43. The molecule has 1 fully saturated rings. The van der Waals surface area contributed by atoms with E-state index >= 15 is 0 Å². The van der Waals surface area contributed by atoms with Crippen LogP contribution in [0.5, 0.6) is 0 Å². The van der Waals surface area contributed by atoms with Crippen molar-refractivity contribution in [2.24, 2.45) is 0 Å². The molecule has 0 unspecified atom stereocenters. The molecule has 1 aromatic carbocycles. The van der Waals surface area contributed by atoms with Gasteiger partial charge in [0.2, 0.25) is 0 Å². The summed E-state index contributed by atoms with van der Waals surface area (Å²) in [5.74, 6) is 1.03. The number of benzene rings is 1. The SMILES string of the molecule is c1ccc(CNc2cncnc2N2CCCC2)cc1. The first-order valence-electron chi connectivity index (χ1n) is 6.76. The molecule has 1 saturated heterocycles. The molecule has 2 heterocycles. The fraction of sp³-hybridized carbons (Fsp3) is 0.333. The molecule has 0 amide bonds. The van der Waals surface area contributed by atoms with Crippen molar-refractivity contribution < 1.29 is 0 Å². The largest absolute Gasteiger partial charge is 0.377 e. The minimum Gasteiger partial charge on any atom is -0.377 e. The zero-order valence-electron chi connectivity index (χ0n) is 10.9. The predicted molar refractivity (Wildman–Crippen MR) is 77.2 cm³/mol. The van der Waals surface area contributed by atoms with Gasteiger partial charge in [0.1, 0.15) is 6.33 Å². The summed E-state index contributed by atoms with van der Waals surface area (Å²) < 4.78 is 0. The van der Waals surface area contributed by atoms with E-state index in [0.717, 1.165) is 31.1 Å². The molecule has 0 aliphatic carbocycles. The molecule has 0 saturated carbocycles. The minimum atomic E-state index is 0.801. The van der Waals surface area contributed by atoms with Gasteiger partial charge in [-0.1, -0.05) is 30.3 Å². The fourth-order valence-electron chi connectivity index (χ4n) is 2.42. The topological polar surface area (TPSA) is 41.1 Å². The summed E-state index contributed by atoms with van der Waals surface area (Å²) in [5, 5.41) is 3.44. The summed E-state index contributed by atoms with van der Waals surface area (Å²) in [7, 11) is 0. The molecule has 4 heteroatoms.